The second kappa shape index (κ2) is 7.73. The zero-order chi connectivity index (χ0) is 18.7. The maximum Gasteiger partial charge on any atom is 0.391 e. The van der Waals surface area contributed by atoms with Crippen molar-refractivity contribution in [1.82, 2.24) is 4.90 Å². The number of alkyl halides is 3. The Kier molecular flexibility index (Phi) is 5.60. The number of nitrogens with zero attached hydrogens (tertiary/aromatic N) is 2. The molecule has 2 aliphatic rings. The average molecular weight is 370 g/mol. The molecule has 0 spiro atoms. The fourth-order valence-corrected chi connectivity index (χ4v) is 3.63. The minimum absolute atomic E-state index is 0.124. The standard InChI is InChI=1S/C18H25F3N4O/c1-26-16-4-2-3-13(11-16)23-17(22)24-14-9-15(10-14)25-7-5-12(6-8-25)18(19,20)21/h2-4,11-12,14-15H,5-10H2,1H3,(H3,22,23,24). The summed E-state index contributed by atoms with van der Waals surface area (Å²) >= 11 is 0. The molecule has 0 radical (unpaired) electrons. The van der Waals surface area contributed by atoms with Crippen molar-refractivity contribution >= 4 is 11.6 Å². The molecule has 8 heteroatoms. The van der Waals surface area contributed by atoms with Gasteiger partial charge in [-0.05, 0) is 50.9 Å². The van der Waals surface area contributed by atoms with E-state index in [4.69, 9.17) is 10.5 Å². The number of hydrogen-bond donors (Lipinski definition) is 2. The number of nitrogens with one attached hydrogen (secondary N) is 1. The fraction of sp³-hybridized carbons (Fsp3) is 0.611. The molecule has 1 aliphatic heterocycles. The van der Waals surface area contributed by atoms with Crippen LogP contribution in [-0.2, 0) is 0 Å². The third-order valence-electron chi connectivity index (χ3n) is 5.26. The van der Waals surface area contributed by atoms with Gasteiger partial charge in [-0.15, -0.1) is 0 Å². The van der Waals surface area contributed by atoms with E-state index in [1.165, 1.54) is 0 Å². The Morgan fingerprint density at radius 3 is 2.58 bits per heavy atom. The number of benzene rings is 1. The first-order chi connectivity index (χ1) is 12.3. The van der Waals surface area contributed by atoms with Crippen LogP contribution in [0.3, 0.4) is 0 Å². The van der Waals surface area contributed by atoms with Gasteiger partial charge >= 0.3 is 6.18 Å². The number of halogens is 3. The first-order valence-electron chi connectivity index (χ1n) is 8.90. The zero-order valence-electron chi connectivity index (χ0n) is 14.8. The lowest BCUT2D eigenvalue weighted by atomic mass is 9.83. The third kappa shape index (κ3) is 4.60. The Morgan fingerprint density at radius 2 is 1.96 bits per heavy atom. The fourth-order valence-electron chi connectivity index (χ4n) is 3.63. The van der Waals surface area contributed by atoms with Crippen molar-refractivity contribution in [1.29, 1.82) is 0 Å². The van der Waals surface area contributed by atoms with E-state index >= 15 is 0 Å². The number of ether oxygens (including phenoxy) is 1. The molecule has 1 saturated carbocycles. The molecule has 26 heavy (non-hydrogen) atoms. The summed E-state index contributed by atoms with van der Waals surface area (Å²) in [6.07, 6.45) is -1.96. The number of hydrogen-bond acceptors (Lipinski definition) is 3. The van der Waals surface area contributed by atoms with Gasteiger partial charge in [0.05, 0.1) is 19.1 Å². The molecule has 1 aromatic rings. The summed E-state index contributed by atoms with van der Waals surface area (Å²) in [5.74, 6) is -0.0680. The first kappa shape index (κ1) is 18.8. The number of aliphatic imine (C=N–C) groups is 1. The Hall–Kier alpha value is -1.96. The lowest BCUT2D eigenvalue weighted by Gasteiger charge is -2.44. The lowest BCUT2D eigenvalue weighted by Crippen LogP contribution is -2.51. The predicted octanol–water partition coefficient (Wildman–Crippen LogP) is 3.23. The number of nitrogens with two attached hydrogens (primary N) is 1. The molecular weight excluding hydrogens is 345 g/mol. The van der Waals surface area contributed by atoms with E-state index in [1.807, 2.05) is 24.3 Å². The Morgan fingerprint density at radius 1 is 1.27 bits per heavy atom. The summed E-state index contributed by atoms with van der Waals surface area (Å²) in [6.45, 7) is 1.03. The van der Waals surface area contributed by atoms with Crippen LogP contribution in [-0.4, -0.2) is 49.3 Å². The van der Waals surface area contributed by atoms with Crippen molar-refractivity contribution in [2.75, 3.05) is 25.5 Å². The minimum atomic E-state index is -4.06. The number of rotatable bonds is 4. The van der Waals surface area contributed by atoms with E-state index in [0.717, 1.165) is 24.3 Å². The van der Waals surface area contributed by atoms with Gasteiger partial charge in [0.1, 0.15) is 5.75 Å². The highest BCUT2D eigenvalue weighted by molar-refractivity contribution is 5.92. The SMILES string of the molecule is COc1cccc(NC(N)=NC2CC(N3CCC(C(F)(F)F)CC3)C2)c1. The lowest BCUT2D eigenvalue weighted by molar-refractivity contribution is -0.187. The molecule has 1 aliphatic carbocycles. The molecule has 3 rings (SSSR count). The van der Waals surface area contributed by atoms with Crippen LogP contribution in [0.5, 0.6) is 5.75 Å². The second-order valence-corrected chi connectivity index (χ2v) is 7.00. The number of piperidine rings is 1. The van der Waals surface area contributed by atoms with Crippen molar-refractivity contribution in [2.24, 2.45) is 16.6 Å². The summed E-state index contributed by atoms with van der Waals surface area (Å²) in [5, 5.41) is 3.04. The van der Waals surface area contributed by atoms with Crippen molar-refractivity contribution in [3.05, 3.63) is 24.3 Å². The Bertz CT molecular complexity index is 636. The molecule has 0 amide bonds. The topological polar surface area (TPSA) is 62.9 Å². The summed E-state index contributed by atoms with van der Waals surface area (Å²) in [7, 11) is 1.60. The van der Waals surface area contributed by atoms with Crippen LogP contribution in [0.4, 0.5) is 18.9 Å². The Labute approximate surface area is 151 Å². The normalized spacial score (nSPS) is 25.6. The molecule has 3 N–H and O–H groups in total. The van der Waals surface area contributed by atoms with E-state index in [1.54, 1.807) is 7.11 Å². The van der Waals surface area contributed by atoms with Crippen molar-refractivity contribution in [3.63, 3.8) is 0 Å². The predicted molar refractivity (Wildman–Crippen MR) is 95.4 cm³/mol. The van der Waals surface area contributed by atoms with Gasteiger partial charge in [-0.1, -0.05) is 6.07 Å². The monoisotopic (exact) mass is 370 g/mol. The number of anilines is 1. The van der Waals surface area contributed by atoms with E-state index in [-0.39, 0.29) is 18.9 Å². The van der Waals surface area contributed by atoms with Crippen molar-refractivity contribution < 1.29 is 17.9 Å². The van der Waals surface area contributed by atoms with Crippen LogP contribution in [0.2, 0.25) is 0 Å². The van der Waals surface area contributed by atoms with Gasteiger partial charge < -0.3 is 20.7 Å². The third-order valence-corrected chi connectivity index (χ3v) is 5.26. The number of likely N-dealkylation sites (tertiary alicyclic amines) is 1. The molecule has 0 aromatic heterocycles. The smallest absolute Gasteiger partial charge is 0.391 e. The van der Waals surface area contributed by atoms with Crippen LogP contribution in [0.25, 0.3) is 0 Å². The number of methoxy groups -OCH3 is 1. The molecule has 144 valence electrons. The van der Waals surface area contributed by atoms with E-state index in [0.29, 0.717) is 25.1 Å². The van der Waals surface area contributed by atoms with Gasteiger partial charge in [0.2, 0.25) is 0 Å². The molecule has 1 aromatic carbocycles. The van der Waals surface area contributed by atoms with Gasteiger partial charge in [-0.3, -0.25) is 0 Å². The van der Waals surface area contributed by atoms with Gasteiger partial charge in [-0.2, -0.15) is 13.2 Å². The van der Waals surface area contributed by atoms with E-state index < -0.39 is 12.1 Å². The van der Waals surface area contributed by atoms with Crippen molar-refractivity contribution in [2.45, 2.75) is 43.9 Å². The summed E-state index contributed by atoms with van der Waals surface area (Å²) in [4.78, 5) is 6.63. The van der Waals surface area contributed by atoms with Gasteiger partial charge in [0.15, 0.2) is 5.96 Å². The summed E-state index contributed by atoms with van der Waals surface area (Å²) < 4.78 is 43.4. The van der Waals surface area contributed by atoms with Gasteiger partial charge in [0, 0.05) is 17.8 Å². The van der Waals surface area contributed by atoms with Crippen LogP contribution < -0.4 is 15.8 Å². The molecule has 1 saturated heterocycles. The second-order valence-electron chi connectivity index (χ2n) is 7.00. The summed E-state index contributed by atoms with van der Waals surface area (Å²) in [6, 6.07) is 7.85. The maximum atomic E-state index is 12.7. The minimum Gasteiger partial charge on any atom is -0.497 e. The molecular formula is C18H25F3N4O. The molecule has 5 nitrogen and oxygen atoms in total. The highest BCUT2D eigenvalue weighted by Crippen LogP contribution is 2.37. The van der Waals surface area contributed by atoms with E-state index in [9.17, 15) is 13.2 Å². The highest BCUT2D eigenvalue weighted by Gasteiger charge is 2.43. The van der Waals surface area contributed by atoms with Crippen LogP contribution >= 0.6 is 0 Å². The van der Waals surface area contributed by atoms with E-state index in [2.05, 4.69) is 15.2 Å². The van der Waals surface area contributed by atoms with Crippen LogP contribution in [0, 0.1) is 5.92 Å². The van der Waals surface area contributed by atoms with Crippen LogP contribution in [0.1, 0.15) is 25.7 Å². The maximum absolute atomic E-state index is 12.7. The van der Waals surface area contributed by atoms with Gasteiger partial charge in [0.25, 0.3) is 0 Å². The summed E-state index contributed by atoms with van der Waals surface area (Å²) in [5.41, 5.74) is 6.76. The molecule has 0 bridgehead atoms. The Balaban J connectivity index is 1.44. The molecule has 1 heterocycles. The number of guanidine groups is 1. The van der Waals surface area contributed by atoms with Crippen molar-refractivity contribution in [3.8, 4) is 5.75 Å². The van der Waals surface area contributed by atoms with Gasteiger partial charge in [-0.25, -0.2) is 4.99 Å². The zero-order valence-corrected chi connectivity index (χ0v) is 14.8. The first-order valence-corrected chi connectivity index (χ1v) is 8.90. The quantitative estimate of drug-likeness (QED) is 0.631. The largest absolute Gasteiger partial charge is 0.497 e. The van der Waals surface area contributed by atoms with Crippen LogP contribution in [0.15, 0.2) is 29.3 Å². The molecule has 2 fully saturated rings. The molecule has 0 unspecified atom stereocenters. The average Bonchev–Trinajstić information content (AvgIpc) is 2.57. The highest BCUT2D eigenvalue weighted by atomic mass is 19.4. The molecule has 0 atom stereocenters.